The van der Waals surface area contributed by atoms with Gasteiger partial charge in [0.2, 0.25) is 6.23 Å². The fraction of sp³-hybridized carbons (Fsp3) is 0.333. The van der Waals surface area contributed by atoms with Crippen LogP contribution in [0.5, 0.6) is 23.0 Å². The smallest absolute Gasteiger partial charge is 0.497 e. The van der Waals surface area contributed by atoms with Crippen LogP contribution < -0.4 is 29.9 Å². The number of halogens is 5. The maximum Gasteiger partial charge on any atom is 0.587 e. The number of aliphatic hydroxyl groups excluding tert-OH is 1. The molecule has 3 atom stereocenters. The third-order valence-electron chi connectivity index (χ3n) is 6.05. The SMILES string of the molecule is COc1ccc(OP(=O)(OC[C@@]2(C(F)F)O[C@@H](n3cc(F)c(N)nc3=O)C(F)(F)C2O)Oc2ccc(OC)cc2)cc1. The van der Waals surface area contributed by atoms with E-state index in [9.17, 15) is 27.6 Å². The van der Waals surface area contributed by atoms with E-state index in [1.165, 1.54) is 62.8 Å². The Morgan fingerprint density at radius 1 is 1.02 bits per heavy atom. The number of rotatable bonds is 11. The van der Waals surface area contributed by atoms with E-state index in [0.29, 0.717) is 11.5 Å². The van der Waals surface area contributed by atoms with E-state index in [1.54, 1.807) is 0 Å². The first-order valence-corrected chi connectivity index (χ1v) is 13.2. The predicted molar refractivity (Wildman–Crippen MR) is 133 cm³/mol. The Morgan fingerprint density at radius 3 is 1.95 bits per heavy atom. The molecule has 42 heavy (non-hydrogen) atoms. The van der Waals surface area contributed by atoms with Crippen LogP contribution in [-0.4, -0.2) is 59.5 Å². The van der Waals surface area contributed by atoms with Gasteiger partial charge in [-0.1, -0.05) is 0 Å². The number of benzene rings is 2. The molecule has 2 heterocycles. The molecule has 1 aromatic heterocycles. The van der Waals surface area contributed by atoms with Crippen LogP contribution in [-0.2, 0) is 13.8 Å². The van der Waals surface area contributed by atoms with Crippen molar-refractivity contribution in [1.29, 1.82) is 0 Å². The van der Waals surface area contributed by atoms with Crippen LogP contribution in [0.25, 0.3) is 0 Å². The lowest BCUT2D eigenvalue weighted by atomic mass is 9.96. The minimum absolute atomic E-state index is 0.152. The van der Waals surface area contributed by atoms with E-state index in [-0.39, 0.29) is 22.3 Å². The summed E-state index contributed by atoms with van der Waals surface area (Å²) in [6.07, 6.45) is -10.2. The molecule has 0 bridgehead atoms. The fourth-order valence-corrected chi connectivity index (χ4v) is 5.07. The van der Waals surface area contributed by atoms with E-state index in [0.717, 1.165) is 0 Å². The Balaban J connectivity index is 1.68. The number of phosphoric acid groups is 1. The monoisotopic (exact) mass is 623 g/mol. The Kier molecular flexibility index (Phi) is 8.68. The second kappa shape index (κ2) is 11.8. The van der Waals surface area contributed by atoms with Gasteiger partial charge < -0.3 is 34.1 Å². The fourth-order valence-electron chi connectivity index (χ4n) is 3.81. The van der Waals surface area contributed by atoms with Gasteiger partial charge in [-0.05, 0) is 48.5 Å². The third kappa shape index (κ3) is 5.99. The molecule has 228 valence electrons. The molecule has 1 unspecified atom stereocenters. The first-order chi connectivity index (χ1) is 19.7. The number of nitrogens with zero attached hydrogens (tertiary/aromatic N) is 2. The van der Waals surface area contributed by atoms with E-state index in [2.05, 4.69) is 4.98 Å². The van der Waals surface area contributed by atoms with Crippen molar-refractivity contribution < 1.29 is 59.4 Å². The molecule has 4 rings (SSSR count). The maximum absolute atomic E-state index is 15.2. The molecule has 1 aliphatic rings. The number of phosphoric ester groups is 1. The molecule has 2 aromatic carbocycles. The first-order valence-electron chi connectivity index (χ1n) is 11.7. The number of aromatic nitrogens is 2. The van der Waals surface area contributed by atoms with Gasteiger partial charge in [0.1, 0.15) is 23.0 Å². The first kappa shape index (κ1) is 31.0. The molecule has 18 heteroatoms. The second-order valence-corrected chi connectivity index (χ2v) is 10.2. The van der Waals surface area contributed by atoms with Crippen molar-refractivity contribution in [3.63, 3.8) is 0 Å². The van der Waals surface area contributed by atoms with Crippen molar-refractivity contribution in [2.75, 3.05) is 26.6 Å². The van der Waals surface area contributed by atoms with Crippen LogP contribution in [0.4, 0.5) is 27.8 Å². The van der Waals surface area contributed by atoms with E-state index < -0.39 is 62.0 Å². The number of methoxy groups -OCH3 is 2. The molecule has 0 amide bonds. The Bertz CT molecular complexity index is 1460. The van der Waals surface area contributed by atoms with Gasteiger partial charge in [0.05, 0.1) is 27.0 Å². The van der Waals surface area contributed by atoms with Crippen molar-refractivity contribution in [1.82, 2.24) is 9.55 Å². The quantitative estimate of drug-likeness (QED) is 0.237. The van der Waals surface area contributed by atoms with Crippen LogP contribution >= 0.6 is 7.82 Å². The summed E-state index contributed by atoms with van der Waals surface area (Å²) in [5.74, 6) is -6.66. The lowest BCUT2D eigenvalue weighted by molar-refractivity contribution is -0.193. The second-order valence-electron chi connectivity index (χ2n) is 8.72. The number of ether oxygens (including phenoxy) is 3. The molecular formula is C24H23F5N3O9P. The van der Waals surface area contributed by atoms with Crippen LogP contribution in [0.2, 0.25) is 0 Å². The lowest BCUT2D eigenvalue weighted by Crippen LogP contribution is -2.54. The molecule has 3 aromatic rings. The van der Waals surface area contributed by atoms with Crippen LogP contribution in [0, 0.1) is 5.82 Å². The van der Waals surface area contributed by atoms with Crippen LogP contribution in [0.15, 0.2) is 59.5 Å². The third-order valence-corrected chi connectivity index (χ3v) is 7.36. The average Bonchev–Trinajstić information content (AvgIpc) is 3.16. The number of nitrogens with two attached hydrogens (primary N) is 1. The zero-order valence-electron chi connectivity index (χ0n) is 21.7. The largest absolute Gasteiger partial charge is 0.587 e. The topological polar surface area (TPSA) is 154 Å². The summed E-state index contributed by atoms with van der Waals surface area (Å²) in [6, 6.07) is 10.6. The highest BCUT2D eigenvalue weighted by atomic mass is 31.2. The number of alkyl halides is 4. The number of anilines is 1. The summed E-state index contributed by atoms with van der Waals surface area (Å²) >= 11 is 0. The average molecular weight is 623 g/mol. The summed E-state index contributed by atoms with van der Waals surface area (Å²) in [6.45, 7) is -1.72. The van der Waals surface area contributed by atoms with Gasteiger partial charge in [-0.3, -0.25) is 9.09 Å². The standard InChI is InChI=1S/C24H23F5N3O9P/c1-36-13-3-7-15(8-4-13)40-42(35,41-16-9-5-14(37-2)6-10-16)38-12-23(20(26)27)19(33)24(28,29)21(39-23)32-11-17(25)18(30)31-22(32)34/h3-11,19-21,33H,12H2,1-2H3,(H2,30,31,34)/t19?,21-,23-/m1/s1. The molecule has 1 saturated heterocycles. The van der Waals surface area contributed by atoms with Crippen LogP contribution in [0.1, 0.15) is 6.23 Å². The lowest BCUT2D eigenvalue weighted by Gasteiger charge is -2.31. The van der Waals surface area contributed by atoms with Gasteiger partial charge in [-0.15, -0.1) is 0 Å². The van der Waals surface area contributed by atoms with Gasteiger partial charge in [0.15, 0.2) is 23.3 Å². The molecule has 3 N–H and O–H groups in total. The molecule has 0 saturated carbocycles. The highest BCUT2D eigenvalue weighted by Crippen LogP contribution is 2.55. The van der Waals surface area contributed by atoms with Gasteiger partial charge in [0, 0.05) is 0 Å². The highest BCUT2D eigenvalue weighted by Gasteiger charge is 2.71. The van der Waals surface area contributed by atoms with Crippen molar-refractivity contribution in [3.05, 3.63) is 71.0 Å². The number of hydrogen-bond donors (Lipinski definition) is 2. The van der Waals surface area contributed by atoms with Crippen molar-refractivity contribution in [3.8, 4) is 23.0 Å². The zero-order chi connectivity index (χ0) is 30.9. The van der Waals surface area contributed by atoms with E-state index in [1.807, 2.05) is 0 Å². The Hall–Kier alpha value is -3.92. The summed E-state index contributed by atoms with van der Waals surface area (Å²) in [5, 5.41) is 10.4. The summed E-state index contributed by atoms with van der Waals surface area (Å²) < 4.78 is 117. The van der Waals surface area contributed by atoms with Crippen molar-refractivity contribution >= 4 is 13.6 Å². The zero-order valence-corrected chi connectivity index (χ0v) is 22.6. The molecule has 0 aliphatic carbocycles. The minimum atomic E-state index is -5.04. The van der Waals surface area contributed by atoms with Crippen molar-refractivity contribution in [2.45, 2.75) is 30.3 Å². The van der Waals surface area contributed by atoms with Crippen LogP contribution in [0.3, 0.4) is 0 Å². The van der Waals surface area contributed by atoms with Gasteiger partial charge >= 0.3 is 19.4 Å². The van der Waals surface area contributed by atoms with E-state index in [4.69, 9.17) is 33.5 Å². The minimum Gasteiger partial charge on any atom is -0.497 e. The predicted octanol–water partition coefficient (Wildman–Crippen LogP) is 3.79. The summed E-state index contributed by atoms with van der Waals surface area (Å²) in [4.78, 5) is 15.2. The van der Waals surface area contributed by atoms with Gasteiger partial charge in [-0.2, -0.15) is 13.8 Å². The van der Waals surface area contributed by atoms with Crippen molar-refractivity contribution in [2.24, 2.45) is 0 Å². The molecule has 0 radical (unpaired) electrons. The number of aliphatic hydroxyl groups is 1. The van der Waals surface area contributed by atoms with Gasteiger partial charge in [0.25, 0.3) is 6.43 Å². The van der Waals surface area contributed by atoms with E-state index >= 15 is 8.78 Å². The molecule has 12 nitrogen and oxygen atoms in total. The molecule has 1 aliphatic heterocycles. The van der Waals surface area contributed by atoms with Gasteiger partial charge in [-0.25, -0.2) is 22.5 Å². The molecular weight excluding hydrogens is 600 g/mol. The number of nitrogen functional groups attached to an aromatic ring is 1. The summed E-state index contributed by atoms with van der Waals surface area (Å²) in [7, 11) is -2.29. The Labute approximate surface area is 233 Å². The maximum atomic E-state index is 15.2. The molecule has 1 fully saturated rings. The Morgan fingerprint density at radius 2 is 1.50 bits per heavy atom. The highest BCUT2D eigenvalue weighted by molar-refractivity contribution is 7.49. The normalized spacial score (nSPS) is 21.7. The number of hydrogen-bond acceptors (Lipinski definition) is 11. The molecule has 0 spiro atoms. The summed E-state index contributed by atoms with van der Waals surface area (Å²) in [5.41, 5.74) is -0.0718.